The van der Waals surface area contributed by atoms with Crippen LogP contribution in [0.15, 0.2) is 235 Å². The summed E-state index contributed by atoms with van der Waals surface area (Å²) < 4.78 is 8.74. The highest BCUT2D eigenvalue weighted by Gasteiger charge is 2.35. The maximum Gasteiger partial charge on any atom is 0.164 e. The van der Waals surface area contributed by atoms with Gasteiger partial charge in [-0.3, -0.25) is 0 Å². The summed E-state index contributed by atoms with van der Waals surface area (Å²) in [5.74, 6) is 1.79. The molecule has 0 radical (unpaired) electrons. The van der Waals surface area contributed by atoms with E-state index in [9.17, 15) is 0 Å². The highest BCUT2D eigenvalue weighted by Crippen LogP contribution is 2.50. The van der Waals surface area contributed by atoms with E-state index in [1.165, 1.54) is 60.8 Å². The summed E-state index contributed by atoms with van der Waals surface area (Å²) in [5.41, 5.74) is 20.0. The molecule has 0 spiro atoms. The number of aromatic nitrogens is 4. The van der Waals surface area contributed by atoms with Crippen molar-refractivity contribution in [2.45, 2.75) is 19.3 Å². The summed E-state index contributed by atoms with van der Waals surface area (Å²) in [4.78, 5) is 15.3. The molecule has 10 aromatic carbocycles. The van der Waals surface area contributed by atoms with Gasteiger partial charge >= 0.3 is 0 Å². The van der Waals surface area contributed by atoms with Gasteiger partial charge in [-0.05, 0) is 105 Å². The average Bonchev–Trinajstić information content (AvgIpc) is 4.06. The van der Waals surface area contributed by atoms with E-state index < -0.39 is 0 Å². The molecule has 1 aliphatic carbocycles. The Kier molecular flexibility index (Phi) is 9.17. The van der Waals surface area contributed by atoms with Crippen molar-refractivity contribution in [3.8, 4) is 84.4 Å². The number of benzene rings is 10. The molecule has 0 aliphatic heterocycles. The van der Waals surface area contributed by atoms with E-state index >= 15 is 0 Å². The van der Waals surface area contributed by atoms with Crippen LogP contribution in [-0.4, -0.2) is 19.5 Å². The Labute approximate surface area is 411 Å². The van der Waals surface area contributed by atoms with Crippen LogP contribution in [-0.2, 0) is 5.41 Å². The summed E-state index contributed by atoms with van der Waals surface area (Å²) in [7, 11) is 0. The third-order valence-corrected chi connectivity index (χ3v) is 14.6. The van der Waals surface area contributed by atoms with E-state index in [2.05, 4.69) is 194 Å². The van der Waals surface area contributed by atoms with Gasteiger partial charge in [-0.15, -0.1) is 0 Å². The Morgan fingerprint density at radius 1 is 0.338 bits per heavy atom. The standard InChI is InChI=1S/C66H44N4O/c1-66(2)57-29-9-6-24-51(57)52-34-32-45(39-58(52)66)42-18-12-21-46(36-42)50-27-15-28-56-53-25-7-10-30-59(53)70(62(50)56)49-23-14-20-44(38-49)43-19-13-22-47(37-43)64-67-63(41-16-4-3-5-17-41)68-65(69-64)48-33-35-55-54-26-8-11-31-60(54)71-61(55)40-48/h3-40H,1-2H3. The predicted molar refractivity (Wildman–Crippen MR) is 292 cm³/mol. The van der Waals surface area contributed by atoms with Crippen molar-refractivity contribution in [3.63, 3.8) is 0 Å². The van der Waals surface area contributed by atoms with Gasteiger partial charge in [-0.1, -0.05) is 190 Å². The van der Waals surface area contributed by atoms with Gasteiger partial charge in [0.25, 0.3) is 0 Å². The zero-order valence-electron chi connectivity index (χ0n) is 39.1. The molecule has 0 atom stereocenters. The molecule has 0 fully saturated rings. The second-order valence-corrected chi connectivity index (χ2v) is 19.2. The van der Waals surface area contributed by atoms with Crippen LogP contribution in [0.3, 0.4) is 0 Å². The maximum absolute atomic E-state index is 6.30. The zero-order valence-corrected chi connectivity index (χ0v) is 39.1. The molecule has 3 heterocycles. The van der Waals surface area contributed by atoms with Crippen LogP contribution in [0.1, 0.15) is 25.0 Å². The van der Waals surface area contributed by atoms with Crippen LogP contribution in [0.25, 0.3) is 128 Å². The molecule has 0 saturated heterocycles. The summed E-state index contributed by atoms with van der Waals surface area (Å²) >= 11 is 0. The first kappa shape index (κ1) is 40.8. The smallest absolute Gasteiger partial charge is 0.164 e. The fourth-order valence-corrected chi connectivity index (χ4v) is 11.1. The van der Waals surface area contributed by atoms with E-state index in [0.29, 0.717) is 17.5 Å². The van der Waals surface area contributed by atoms with Gasteiger partial charge in [0.1, 0.15) is 11.2 Å². The number of rotatable bonds is 7. The number of nitrogens with zero attached hydrogens (tertiary/aromatic N) is 4. The lowest BCUT2D eigenvalue weighted by Crippen LogP contribution is -2.14. The molecule has 0 amide bonds. The van der Waals surface area contributed by atoms with Gasteiger partial charge in [0, 0.05) is 54.9 Å². The molecule has 334 valence electrons. The minimum absolute atomic E-state index is 0.0720. The number of fused-ring (bicyclic) bond motifs is 9. The fourth-order valence-electron chi connectivity index (χ4n) is 11.1. The topological polar surface area (TPSA) is 56.7 Å². The Balaban J connectivity index is 0.866. The molecule has 0 unspecified atom stereocenters. The second kappa shape index (κ2) is 15.9. The van der Waals surface area contributed by atoms with Crippen molar-refractivity contribution in [1.29, 1.82) is 0 Å². The Morgan fingerprint density at radius 2 is 0.873 bits per heavy atom. The molecule has 14 rings (SSSR count). The monoisotopic (exact) mass is 908 g/mol. The minimum Gasteiger partial charge on any atom is -0.456 e. The molecular formula is C66H44N4O. The molecule has 1 aliphatic rings. The molecule has 0 saturated carbocycles. The van der Waals surface area contributed by atoms with E-state index in [0.717, 1.165) is 61.0 Å². The van der Waals surface area contributed by atoms with Crippen molar-refractivity contribution in [1.82, 2.24) is 19.5 Å². The maximum atomic E-state index is 6.30. The molecule has 0 bridgehead atoms. The molecule has 3 aromatic heterocycles. The molecule has 5 heteroatoms. The van der Waals surface area contributed by atoms with Crippen LogP contribution in [0.5, 0.6) is 0 Å². The summed E-state index contributed by atoms with van der Waals surface area (Å²) in [5, 5.41) is 4.58. The van der Waals surface area contributed by atoms with Crippen molar-refractivity contribution >= 4 is 43.7 Å². The van der Waals surface area contributed by atoms with Gasteiger partial charge in [-0.25, -0.2) is 15.0 Å². The van der Waals surface area contributed by atoms with Gasteiger partial charge in [0.15, 0.2) is 17.5 Å². The van der Waals surface area contributed by atoms with Gasteiger partial charge in [0.05, 0.1) is 11.0 Å². The highest BCUT2D eigenvalue weighted by atomic mass is 16.3. The molecule has 5 nitrogen and oxygen atoms in total. The van der Waals surface area contributed by atoms with Crippen LogP contribution in [0.2, 0.25) is 0 Å². The van der Waals surface area contributed by atoms with Gasteiger partial charge in [-0.2, -0.15) is 0 Å². The fraction of sp³-hybridized carbons (Fsp3) is 0.0455. The lowest BCUT2D eigenvalue weighted by molar-refractivity contribution is 0.660. The van der Waals surface area contributed by atoms with Gasteiger partial charge < -0.3 is 8.98 Å². The van der Waals surface area contributed by atoms with Crippen molar-refractivity contribution < 1.29 is 4.42 Å². The van der Waals surface area contributed by atoms with Crippen LogP contribution < -0.4 is 0 Å². The Hall–Kier alpha value is -9.19. The lowest BCUT2D eigenvalue weighted by atomic mass is 9.81. The minimum atomic E-state index is -0.0720. The second-order valence-electron chi connectivity index (χ2n) is 19.2. The third kappa shape index (κ3) is 6.65. The first-order valence-corrected chi connectivity index (χ1v) is 24.2. The Bertz CT molecular complexity index is 4270. The normalized spacial score (nSPS) is 12.8. The van der Waals surface area contributed by atoms with Crippen molar-refractivity contribution in [3.05, 3.63) is 242 Å². The number of furan rings is 1. The highest BCUT2D eigenvalue weighted by molar-refractivity contribution is 6.14. The van der Waals surface area contributed by atoms with Crippen LogP contribution >= 0.6 is 0 Å². The van der Waals surface area contributed by atoms with Gasteiger partial charge in [0.2, 0.25) is 0 Å². The first-order valence-electron chi connectivity index (χ1n) is 24.2. The number of hydrogen-bond acceptors (Lipinski definition) is 4. The quantitative estimate of drug-likeness (QED) is 0.160. The third-order valence-electron chi connectivity index (χ3n) is 14.6. The first-order chi connectivity index (χ1) is 34.9. The van der Waals surface area contributed by atoms with E-state index in [4.69, 9.17) is 19.4 Å². The summed E-state index contributed by atoms with van der Waals surface area (Å²) in [6.45, 7) is 4.70. The van der Waals surface area contributed by atoms with Crippen molar-refractivity contribution in [2.75, 3.05) is 0 Å². The van der Waals surface area contributed by atoms with E-state index in [1.807, 2.05) is 54.6 Å². The summed E-state index contributed by atoms with van der Waals surface area (Å²) in [6, 6.07) is 82.3. The molecule has 71 heavy (non-hydrogen) atoms. The summed E-state index contributed by atoms with van der Waals surface area (Å²) in [6.07, 6.45) is 0. The van der Waals surface area contributed by atoms with E-state index in [1.54, 1.807) is 0 Å². The van der Waals surface area contributed by atoms with Crippen LogP contribution in [0.4, 0.5) is 0 Å². The lowest BCUT2D eigenvalue weighted by Gasteiger charge is -2.22. The average molecular weight is 909 g/mol. The number of para-hydroxylation sites is 3. The van der Waals surface area contributed by atoms with Crippen LogP contribution in [0, 0.1) is 0 Å². The van der Waals surface area contributed by atoms with E-state index in [-0.39, 0.29) is 5.41 Å². The van der Waals surface area contributed by atoms with Crippen molar-refractivity contribution in [2.24, 2.45) is 0 Å². The largest absolute Gasteiger partial charge is 0.456 e. The number of hydrogen-bond donors (Lipinski definition) is 0. The predicted octanol–water partition coefficient (Wildman–Crippen LogP) is 17.2. The molecule has 0 N–H and O–H groups in total. The SMILES string of the molecule is CC1(C)c2ccccc2-c2ccc(-c3cccc(-c4cccc5c6ccccc6n(-c6cccc(-c7cccc(-c8nc(-c9ccccc9)nc(-c9ccc%10c(c9)oc9ccccc9%10)n8)c7)c6)c45)c3)cc21. The zero-order chi connectivity index (χ0) is 47.2. The molecule has 13 aromatic rings. The Morgan fingerprint density at radius 3 is 1.70 bits per heavy atom. The molecular weight excluding hydrogens is 865 g/mol.